The lowest BCUT2D eigenvalue weighted by Gasteiger charge is -2.35. The fourth-order valence-electron chi connectivity index (χ4n) is 3.09. The van der Waals surface area contributed by atoms with Crippen molar-refractivity contribution in [1.82, 2.24) is 4.90 Å². The molecule has 0 unspecified atom stereocenters. The third kappa shape index (κ3) is 2.91. The van der Waals surface area contributed by atoms with Gasteiger partial charge in [-0.15, -0.1) is 0 Å². The van der Waals surface area contributed by atoms with Gasteiger partial charge in [0.1, 0.15) is 5.75 Å². The van der Waals surface area contributed by atoms with Crippen LogP contribution in [0.1, 0.15) is 31.2 Å². The summed E-state index contributed by atoms with van der Waals surface area (Å²) in [7, 11) is 5.68. The van der Waals surface area contributed by atoms with E-state index in [-0.39, 0.29) is 5.54 Å². The molecule has 3 nitrogen and oxygen atoms in total. The molecule has 2 rings (SSSR count). The molecule has 0 aliphatic heterocycles. The van der Waals surface area contributed by atoms with E-state index in [1.54, 1.807) is 7.11 Å². The zero-order valence-electron chi connectivity index (χ0n) is 12.4. The van der Waals surface area contributed by atoms with Gasteiger partial charge in [-0.25, -0.2) is 0 Å². The van der Waals surface area contributed by atoms with Gasteiger partial charge in [-0.05, 0) is 50.7 Å². The van der Waals surface area contributed by atoms with Gasteiger partial charge >= 0.3 is 0 Å². The molecule has 0 bridgehead atoms. The predicted octanol–water partition coefficient (Wildman–Crippen LogP) is 3.44. The second-order valence-electron chi connectivity index (χ2n) is 5.69. The van der Waals surface area contributed by atoms with E-state index in [1.807, 2.05) is 32.3 Å². The Labute approximate surface area is 129 Å². The van der Waals surface area contributed by atoms with Gasteiger partial charge in [0.25, 0.3) is 0 Å². The van der Waals surface area contributed by atoms with Gasteiger partial charge in [0, 0.05) is 10.9 Å². The molecule has 1 fully saturated rings. The number of carbonyl (C=O) groups excluding carboxylic acids is 1. The van der Waals surface area contributed by atoms with Crippen molar-refractivity contribution in [3.05, 3.63) is 28.2 Å². The van der Waals surface area contributed by atoms with E-state index < -0.39 is 0 Å². The van der Waals surface area contributed by atoms with Crippen molar-refractivity contribution < 1.29 is 9.53 Å². The van der Waals surface area contributed by atoms with Crippen molar-refractivity contribution >= 4 is 21.7 Å². The summed E-state index contributed by atoms with van der Waals surface area (Å²) in [6.45, 7) is 0. The average molecular weight is 340 g/mol. The second-order valence-corrected chi connectivity index (χ2v) is 6.54. The minimum Gasteiger partial charge on any atom is -0.497 e. The van der Waals surface area contributed by atoms with Crippen LogP contribution in [0.25, 0.3) is 0 Å². The number of ether oxygens (including phenoxy) is 1. The number of ketones is 1. The molecule has 1 saturated carbocycles. The van der Waals surface area contributed by atoms with Crippen LogP contribution in [0.3, 0.4) is 0 Å². The number of Topliss-reactive ketones (excluding diaryl/α,β-unsaturated/α-hetero) is 1. The van der Waals surface area contributed by atoms with E-state index in [0.717, 1.165) is 41.5 Å². The molecule has 0 heterocycles. The number of carbonyl (C=O) groups is 1. The molecule has 4 heteroatoms. The van der Waals surface area contributed by atoms with Crippen molar-refractivity contribution in [2.45, 2.75) is 37.6 Å². The minimum atomic E-state index is -0.275. The van der Waals surface area contributed by atoms with Crippen molar-refractivity contribution in [3.8, 4) is 5.75 Å². The number of benzene rings is 1. The lowest BCUT2D eigenvalue weighted by molar-refractivity contribution is -0.128. The summed E-state index contributed by atoms with van der Waals surface area (Å²) in [5, 5.41) is 0. The first-order chi connectivity index (χ1) is 9.49. The van der Waals surface area contributed by atoms with Crippen LogP contribution < -0.4 is 4.74 Å². The second kappa shape index (κ2) is 6.27. The third-order valence-corrected chi connectivity index (χ3v) is 5.18. The van der Waals surface area contributed by atoms with E-state index >= 15 is 0 Å². The Hall–Kier alpha value is -0.870. The Balaban J connectivity index is 2.22. The highest BCUT2D eigenvalue weighted by atomic mass is 79.9. The molecule has 0 N–H and O–H groups in total. The number of rotatable bonds is 5. The van der Waals surface area contributed by atoms with Gasteiger partial charge in [0.15, 0.2) is 5.78 Å². The van der Waals surface area contributed by atoms with Crippen LogP contribution in [0.2, 0.25) is 0 Å². The smallest absolute Gasteiger partial charge is 0.157 e. The lowest BCUT2D eigenvalue weighted by atomic mass is 9.87. The first-order valence-electron chi connectivity index (χ1n) is 7.03. The third-order valence-electron chi connectivity index (χ3n) is 4.41. The Morgan fingerprint density at radius 1 is 1.35 bits per heavy atom. The van der Waals surface area contributed by atoms with Crippen LogP contribution in [0.5, 0.6) is 5.75 Å². The monoisotopic (exact) mass is 339 g/mol. The summed E-state index contributed by atoms with van der Waals surface area (Å²) in [5.41, 5.74) is 0.727. The Bertz CT molecular complexity index is 493. The molecule has 1 aromatic carbocycles. The maximum Gasteiger partial charge on any atom is 0.157 e. The summed E-state index contributed by atoms with van der Waals surface area (Å²) in [6.07, 6.45) is 4.68. The quantitative estimate of drug-likeness (QED) is 0.822. The van der Waals surface area contributed by atoms with Gasteiger partial charge in [0.2, 0.25) is 0 Å². The highest BCUT2D eigenvalue weighted by molar-refractivity contribution is 9.10. The first-order valence-corrected chi connectivity index (χ1v) is 7.82. The fourth-order valence-corrected chi connectivity index (χ4v) is 3.47. The lowest BCUT2D eigenvalue weighted by Crippen LogP contribution is -2.49. The topological polar surface area (TPSA) is 29.5 Å². The molecule has 1 aliphatic rings. The summed E-state index contributed by atoms with van der Waals surface area (Å²) in [4.78, 5) is 14.9. The van der Waals surface area contributed by atoms with Crippen molar-refractivity contribution in [1.29, 1.82) is 0 Å². The van der Waals surface area contributed by atoms with Crippen LogP contribution in [-0.4, -0.2) is 37.4 Å². The molecule has 0 saturated heterocycles. The summed E-state index contributed by atoms with van der Waals surface area (Å²) >= 11 is 3.53. The molecule has 1 aromatic rings. The van der Waals surface area contributed by atoms with E-state index in [1.165, 1.54) is 0 Å². The average Bonchev–Trinajstić information content (AvgIpc) is 2.92. The Morgan fingerprint density at radius 2 is 2.00 bits per heavy atom. The highest BCUT2D eigenvalue weighted by Gasteiger charge is 2.42. The number of halogens is 1. The zero-order valence-corrected chi connectivity index (χ0v) is 14.0. The predicted molar refractivity (Wildman–Crippen MR) is 84.3 cm³/mol. The van der Waals surface area contributed by atoms with Crippen LogP contribution in [0, 0.1) is 0 Å². The van der Waals surface area contributed by atoms with Gasteiger partial charge in [-0.1, -0.05) is 28.8 Å². The normalized spacial score (nSPS) is 17.4. The van der Waals surface area contributed by atoms with Crippen molar-refractivity contribution in [2.24, 2.45) is 0 Å². The standard InChI is InChI=1S/C16H22BrNO2/c1-18(2)16(8-4-5-9-16)15(19)11-12-10-13(20-3)6-7-14(12)17/h6-7,10H,4-5,8-9,11H2,1-3H3. The molecule has 0 spiro atoms. The number of methoxy groups -OCH3 is 1. The van der Waals surface area contributed by atoms with Gasteiger partial charge in [-0.2, -0.15) is 0 Å². The van der Waals surface area contributed by atoms with Crippen LogP contribution in [0.15, 0.2) is 22.7 Å². The zero-order chi connectivity index (χ0) is 14.8. The van der Waals surface area contributed by atoms with Crippen LogP contribution in [-0.2, 0) is 11.2 Å². The largest absolute Gasteiger partial charge is 0.497 e. The molecule has 1 aliphatic carbocycles. The van der Waals surface area contributed by atoms with Crippen LogP contribution in [0.4, 0.5) is 0 Å². The first kappa shape index (κ1) is 15.5. The number of likely N-dealkylation sites (N-methyl/N-ethyl adjacent to an activating group) is 1. The van der Waals surface area contributed by atoms with E-state index in [2.05, 4.69) is 20.8 Å². The molecule has 0 atom stereocenters. The highest BCUT2D eigenvalue weighted by Crippen LogP contribution is 2.36. The molecular formula is C16H22BrNO2. The molecule has 20 heavy (non-hydrogen) atoms. The Morgan fingerprint density at radius 3 is 2.55 bits per heavy atom. The van der Waals surface area contributed by atoms with Crippen LogP contribution >= 0.6 is 15.9 Å². The van der Waals surface area contributed by atoms with Gasteiger partial charge in [0.05, 0.1) is 12.6 Å². The molecule has 110 valence electrons. The number of hydrogen-bond donors (Lipinski definition) is 0. The van der Waals surface area contributed by atoms with E-state index in [9.17, 15) is 4.79 Å². The SMILES string of the molecule is COc1ccc(Br)c(CC(=O)C2(N(C)C)CCCC2)c1. The maximum absolute atomic E-state index is 12.8. The number of hydrogen-bond acceptors (Lipinski definition) is 3. The summed E-state index contributed by atoms with van der Waals surface area (Å²) in [5.74, 6) is 1.11. The van der Waals surface area contributed by atoms with E-state index in [4.69, 9.17) is 4.74 Å². The molecular weight excluding hydrogens is 318 g/mol. The van der Waals surface area contributed by atoms with Crippen molar-refractivity contribution in [2.75, 3.05) is 21.2 Å². The maximum atomic E-state index is 12.8. The van der Waals surface area contributed by atoms with Gasteiger partial charge < -0.3 is 4.74 Å². The molecule has 0 radical (unpaired) electrons. The summed E-state index contributed by atoms with van der Waals surface area (Å²) in [6, 6.07) is 5.79. The van der Waals surface area contributed by atoms with Gasteiger partial charge in [-0.3, -0.25) is 9.69 Å². The molecule has 0 amide bonds. The van der Waals surface area contributed by atoms with Crippen molar-refractivity contribution in [3.63, 3.8) is 0 Å². The summed E-state index contributed by atoms with van der Waals surface area (Å²) < 4.78 is 6.22. The minimum absolute atomic E-state index is 0.275. The fraction of sp³-hybridized carbons (Fsp3) is 0.562. The molecule has 0 aromatic heterocycles. The Kier molecular flexibility index (Phi) is 4.86. The van der Waals surface area contributed by atoms with E-state index in [0.29, 0.717) is 12.2 Å². The number of nitrogens with zero attached hydrogens (tertiary/aromatic N) is 1.